The average Bonchev–Trinajstić information content (AvgIpc) is 2.70. The molecular weight excluding hydrogens is 242 g/mol. The van der Waals surface area contributed by atoms with Crippen molar-refractivity contribution >= 4 is 22.9 Å². The summed E-state index contributed by atoms with van der Waals surface area (Å²) in [5.74, 6) is 1.15. The van der Waals surface area contributed by atoms with E-state index in [1.54, 1.807) is 11.3 Å². The van der Waals surface area contributed by atoms with Crippen molar-refractivity contribution in [3.63, 3.8) is 0 Å². The minimum atomic E-state index is 0.522. The number of nitrogens with zero attached hydrogens (tertiary/aromatic N) is 1. The molecule has 0 fully saturated rings. The first-order valence-corrected chi connectivity index (χ1v) is 7.20. The maximum absolute atomic E-state index is 5.70. The summed E-state index contributed by atoms with van der Waals surface area (Å²) < 4.78 is 5.52. The number of unbranched alkanes of at least 4 members (excludes halogenated alkanes) is 1. The zero-order chi connectivity index (χ0) is 11.8. The molecule has 0 saturated heterocycles. The number of rotatable bonds is 8. The molecule has 0 aliphatic rings. The van der Waals surface area contributed by atoms with Gasteiger partial charge in [-0.05, 0) is 25.2 Å². The summed E-state index contributed by atoms with van der Waals surface area (Å²) in [6.45, 7) is 6.08. The van der Waals surface area contributed by atoms with Crippen molar-refractivity contribution in [3.8, 4) is 0 Å². The fourth-order valence-electron chi connectivity index (χ4n) is 1.32. The van der Waals surface area contributed by atoms with E-state index in [1.807, 2.05) is 5.38 Å². The molecule has 92 valence electrons. The fourth-order valence-corrected chi connectivity index (χ4v) is 2.39. The van der Waals surface area contributed by atoms with E-state index in [1.165, 1.54) is 5.01 Å². The lowest BCUT2D eigenvalue weighted by atomic mass is 10.2. The van der Waals surface area contributed by atoms with Crippen LogP contribution in [0.4, 0.5) is 0 Å². The van der Waals surface area contributed by atoms with Gasteiger partial charge in [0, 0.05) is 18.6 Å². The van der Waals surface area contributed by atoms with Crippen LogP contribution in [0.25, 0.3) is 0 Å². The Hall–Kier alpha value is -0.120. The van der Waals surface area contributed by atoms with E-state index >= 15 is 0 Å². The molecule has 0 amide bonds. The van der Waals surface area contributed by atoms with Gasteiger partial charge in [-0.25, -0.2) is 4.98 Å². The average molecular weight is 262 g/mol. The van der Waals surface area contributed by atoms with Crippen LogP contribution in [0.3, 0.4) is 0 Å². The van der Waals surface area contributed by atoms with E-state index in [4.69, 9.17) is 16.3 Å². The smallest absolute Gasteiger partial charge is 0.0928 e. The van der Waals surface area contributed by atoms with Crippen LogP contribution in [-0.4, -0.2) is 18.2 Å². The molecule has 0 bridgehead atoms. The Labute approximate surface area is 107 Å². The zero-order valence-corrected chi connectivity index (χ0v) is 11.6. The van der Waals surface area contributed by atoms with Crippen molar-refractivity contribution in [2.24, 2.45) is 5.92 Å². The maximum atomic E-state index is 5.70. The van der Waals surface area contributed by atoms with Gasteiger partial charge in [0.2, 0.25) is 0 Å². The summed E-state index contributed by atoms with van der Waals surface area (Å²) in [4.78, 5) is 4.42. The van der Waals surface area contributed by atoms with Crippen LogP contribution in [0.1, 0.15) is 37.4 Å². The SMILES string of the molecule is CC(C)COCCCCc1nc(CCl)cs1. The minimum absolute atomic E-state index is 0.522. The summed E-state index contributed by atoms with van der Waals surface area (Å²) in [6.07, 6.45) is 3.31. The summed E-state index contributed by atoms with van der Waals surface area (Å²) in [5, 5.41) is 3.23. The number of halogens is 1. The van der Waals surface area contributed by atoms with Crippen molar-refractivity contribution in [3.05, 3.63) is 16.1 Å². The quantitative estimate of drug-likeness (QED) is 0.523. The van der Waals surface area contributed by atoms with Crippen LogP contribution in [0.15, 0.2) is 5.38 Å². The molecule has 0 atom stereocenters. The minimum Gasteiger partial charge on any atom is -0.381 e. The number of hydrogen-bond donors (Lipinski definition) is 0. The van der Waals surface area contributed by atoms with Crippen LogP contribution in [-0.2, 0) is 17.0 Å². The number of alkyl halides is 1. The molecule has 0 radical (unpaired) electrons. The third-order valence-electron chi connectivity index (χ3n) is 2.12. The third-order valence-corrected chi connectivity index (χ3v) is 3.35. The van der Waals surface area contributed by atoms with Crippen molar-refractivity contribution in [2.75, 3.05) is 13.2 Å². The van der Waals surface area contributed by atoms with Gasteiger partial charge in [0.05, 0.1) is 16.6 Å². The Morgan fingerprint density at radius 2 is 2.25 bits per heavy atom. The van der Waals surface area contributed by atoms with Gasteiger partial charge < -0.3 is 4.74 Å². The first-order valence-electron chi connectivity index (χ1n) is 5.79. The second-order valence-corrected chi connectivity index (χ2v) is 5.50. The molecule has 0 saturated carbocycles. The Morgan fingerprint density at radius 3 is 2.88 bits per heavy atom. The molecule has 0 spiro atoms. The van der Waals surface area contributed by atoms with E-state index in [-0.39, 0.29) is 0 Å². The van der Waals surface area contributed by atoms with Crippen molar-refractivity contribution in [1.82, 2.24) is 4.98 Å². The summed E-state index contributed by atoms with van der Waals surface area (Å²) >= 11 is 7.40. The number of hydrogen-bond acceptors (Lipinski definition) is 3. The molecule has 0 aliphatic carbocycles. The van der Waals surface area contributed by atoms with E-state index in [0.29, 0.717) is 11.8 Å². The predicted molar refractivity (Wildman–Crippen MR) is 70.3 cm³/mol. The number of thiazole rings is 1. The lowest BCUT2D eigenvalue weighted by Gasteiger charge is -2.05. The van der Waals surface area contributed by atoms with Gasteiger partial charge in [-0.15, -0.1) is 22.9 Å². The van der Waals surface area contributed by atoms with Gasteiger partial charge in [0.1, 0.15) is 0 Å². The monoisotopic (exact) mass is 261 g/mol. The van der Waals surface area contributed by atoms with Gasteiger partial charge in [-0.3, -0.25) is 0 Å². The standard InChI is InChI=1S/C12H20ClNOS/c1-10(2)8-15-6-4-3-5-12-14-11(7-13)9-16-12/h9-10H,3-8H2,1-2H3. The lowest BCUT2D eigenvalue weighted by Crippen LogP contribution is -2.03. The van der Waals surface area contributed by atoms with E-state index in [9.17, 15) is 0 Å². The molecule has 2 nitrogen and oxygen atoms in total. The number of aryl methyl sites for hydroxylation is 1. The van der Waals surface area contributed by atoms with E-state index in [0.717, 1.165) is 38.2 Å². The lowest BCUT2D eigenvalue weighted by molar-refractivity contribution is 0.107. The summed E-state index contributed by atoms with van der Waals surface area (Å²) in [6, 6.07) is 0. The van der Waals surface area contributed by atoms with Gasteiger partial charge in [-0.2, -0.15) is 0 Å². The largest absolute Gasteiger partial charge is 0.381 e. The molecule has 1 heterocycles. The van der Waals surface area contributed by atoms with Gasteiger partial charge in [0.15, 0.2) is 0 Å². The first-order chi connectivity index (χ1) is 7.72. The highest BCUT2D eigenvalue weighted by Gasteiger charge is 2.01. The second-order valence-electron chi connectivity index (χ2n) is 4.29. The Kier molecular flexibility index (Phi) is 7.01. The topological polar surface area (TPSA) is 22.1 Å². The second kappa shape index (κ2) is 8.04. The van der Waals surface area contributed by atoms with Crippen LogP contribution in [0, 0.1) is 5.92 Å². The Balaban J connectivity index is 2.02. The zero-order valence-electron chi connectivity index (χ0n) is 10.0. The Bertz CT molecular complexity index is 288. The molecule has 1 aromatic rings. The van der Waals surface area contributed by atoms with Gasteiger partial charge in [0.25, 0.3) is 0 Å². The predicted octanol–water partition coefficient (Wildman–Crippen LogP) is 3.88. The molecular formula is C12H20ClNOS. The Morgan fingerprint density at radius 1 is 1.44 bits per heavy atom. The summed E-state index contributed by atoms with van der Waals surface area (Å²) in [5.41, 5.74) is 0.998. The maximum Gasteiger partial charge on any atom is 0.0928 e. The van der Waals surface area contributed by atoms with Gasteiger partial charge in [-0.1, -0.05) is 13.8 Å². The first kappa shape index (κ1) is 13.9. The third kappa shape index (κ3) is 5.83. The highest BCUT2D eigenvalue weighted by atomic mass is 35.5. The molecule has 1 aromatic heterocycles. The highest BCUT2D eigenvalue weighted by molar-refractivity contribution is 7.09. The van der Waals surface area contributed by atoms with E-state index < -0.39 is 0 Å². The molecule has 1 rings (SSSR count). The molecule has 0 aliphatic heterocycles. The molecule has 16 heavy (non-hydrogen) atoms. The molecule has 0 N–H and O–H groups in total. The fraction of sp³-hybridized carbons (Fsp3) is 0.750. The van der Waals surface area contributed by atoms with E-state index in [2.05, 4.69) is 18.8 Å². The molecule has 4 heteroatoms. The van der Waals surface area contributed by atoms with Crippen LogP contribution in [0.5, 0.6) is 0 Å². The van der Waals surface area contributed by atoms with Crippen LogP contribution < -0.4 is 0 Å². The van der Waals surface area contributed by atoms with Crippen molar-refractivity contribution in [1.29, 1.82) is 0 Å². The number of aromatic nitrogens is 1. The van der Waals surface area contributed by atoms with Crippen molar-refractivity contribution < 1.29 is 4.74 Å². The number of ether oxygens (including phenoxy) is 1. The van der Waals surface area contributed by atoms with Crippen LogP contribution in [0.2, 0.25) is 0 Å². The van der Waals surface area contributed by atoms with Crippen molar-refractivity contribution in [2.45, 2.75) is 39.0 Å². The summed E-state index contributed by atoms with van der Waals surface area (Å²) in [7, 11) is 0. The molecule has 0 aromatic carbocycles. The normalized spacial score (nSPS) is 11.2. The van der Waals surface area contributed by atoms with Gasteiger partial charge >= 0.3 is 0 Å². The highest BCUT2D eigenvalue weighted by Crippen LogP contribution is 2.14. The van der Waals surface area contributed by atoms with Crippen LogP contribution >= 0.6 is 22.9 Å². The molecule has 0 unspecified atom stereocenters.